The Morgan fingerprint density at radius 1 is 0.979 bits per heavy atom. The van der Waals surface area contributed by atoms with Gasteiger partial charge in [-0.2, -0.15) is 16.7 Å². The number of carbonyl (C=O) groups excluding carboxylic acids is 1. The molecule has 0 saturated carbocycles. The van der Waals surface area contributed by atoms with E-state index in [9.17, 15) is 13.2 Å². The molecule has 1 fully saturated rings. The standard InChI is InChI=1S/C35H41N7O4S2/c1-23-8-6-9-24(2)32(23)29-17-31-39-34(38-29)40-48(44,45)28-11-7-10-25(16-28)33(43)42(26(22-46-31)18-35(3,4)5)21-30-36-19-27(20-37-30)41-12-14-47-15-13-41/h6-11,16-17,19-20,26H,12-15,18,21-22H2,1-5H3,(H,38,39,40)/t26-/m1/s1. The number of aryl methyl sites for hydroxylation is 2. The van der Waals surface area contributed by atoms with Crippen molar-refractivity contribution in [2.24, 2.45) is 5.41 Å². The van der Waals surface area contributed by atoms with Gasteiger partial charge in [0.05, 0.1) is 41.3 Å². The summed E-state index contributed by atoms with van der Waals surface area (Å²) in [4.78, 5) is 36.7. The summed E-state index contributed by atoms with van der Waals surface area (Å²) in [6.07, 6.45) is 4.21. The molecule has 1 N–H and O–H groups in total. The van der Waals surface area contributed by atoms with Crippen LogP contribution in [-0.4, -0.2) is 76.4 Å². The summed E-state index contributed by atoms with van der Waals surface area (Å²) in [5.41, 5.74) is 4.33. The first-order valence-electron chi connectivity index (χ1n) is 16.0. The van der Waals surface area contributed by atoms with Crippen LogP contribution in [0, 0.1) is 19.3 Å². The van der Waals surface area contributed by atoms with Gasteiger partial charge in [-0.25, -0.2) is 28.1 Å². The van der Waals surface area contributed by atoms with Gasteiger partial charge in [-0.05, 0) is 55.0 Å². The highest BCUT2D eigenvalue weighted by atomic mass is 32.2. The molecule has 13 heteroatoms. The number of ether oxygens (including phenoxy) is 1. The van der Waals surface area contributed by atoms with Gasteiger partial charge in [0.25, 0.3) is 15.9 Å². The number of thioether (sulfide) groups is 1. The van der Waals surface area contributed by atoms with Gasteiger partial charge in [-0.15, -0.1) is 0 Å². The highest BCUT2D eigenvalue weighted by molar-refractivity contribution is 7.99. The summed E-state index contributed by atoms with van der Waals surface area (Å²) in [6, 6.07) is 13.2. The van der Waals surface area contributed by atoms with Gasteiger partial charge >= 0.3 is 0 Å². The normalized spacial score (nSPS) is 18.2. The third-order valence-electron chi connectivity index (χ3n) is 8.41. The summed E-state index contributed by atoms with van der Waals surface area (Å²) in [5, 5.41) is 0. The monoisotopic (exact) mass is 687 g/mol. The Labute approximate surface area is 286 Å². The molecule has 2 aliphatic rings. The zero-order valence-corrected chi connectivity index (χ0v) is 29.6. The summed E-state index contributed by atoms with van der Waals surface area (Å²) in [5.74, 6) is 2.32. The number of anilines is 2. The molecule has 6 rings (SSSR count). The first-order chi connectivity index (χ1) is 22.9. The number of aromatic nitrogens is 4. The molecule has 4 heterocycles. The van der Waals surface area contributed by atoms with Crippen molar-refractivity contribution >= 4 is 39.3 Å². The van der Waals surface area contributed by atoms with E-state index in [1.807, 2.05) is 56.2 Å². The maximum atomic E-state index is 14.4. The van der Waals surface area contributed by atoms with Crippen LogP contribution in [0.4, 0.5) is 11.6 Å². The molecule has 4 bridgehead atoms. The predicted molar refractivity (Wildman–Crippen MR) is 189 cm³/mol. The molecule has 0 unspecified atom stereocenters. The maximum Gasteiger partial charge on any atom is 0.264 e. The Morgan fingerprint density at radius 3 is 2.35 bits per heavy atom. The zero-order chi connectivity index (χ0) is 34.1. The number of nitrogens with one attached hydrogen (secondary N) is 1. The van der Waals surface area contributed by atoms with Crippen LogP contribution in [0.3, 0.4) is 0 Å². The van der Waals surface area contributed by atoms with Crippen molar-refractivity contribution < 1.29 is 17.9 Å². The van der Waals surface area contributed by atoms with Crippen LogP contribution < -0.4 is 14.4 Å². The molecule has 1 saturated heterocycles. The lowest BCUT2D eigenvalue weighted by Gasteiger charge is -2.35. The highest BCUT2D eigenvalue weighted by Crippen LogP contribution is 2.32. The topological polar surface area (TPSA) is 131 Å². The lowest BCUT2D eigenvalue weighted by molar-refractivity contribution is 0.0505. The van der Waals surface area contributed by atoms with Crippen LogP contribution in [0.1, 0.15) is 54.5 Å². The molecule has 1 atom stereocenters. The van der Waals surface area contributed by atoms with E-state index in [0.29, 0.717) is 17.9 Å². The third kappa shape index (κ3) is 7.73. The molecule has 1 amide bonds. The molecule has 2 aromatic carbocycles. The van der Waals surface area contributed by atoms with Crippen molar-refractivity contribution in [3.63, 3.8) is 0 Å². The van der Waals surface area contributed by atoms with Crippen molar-refractivity contribution in [1.29, 1.82) is 0 Å². The summed E-state index contributed by atoms with van der Waals surface area (Å²) in [6.45, 7) is 12.4. The Balaban J connectivity index is 1.43. The SMILES string of the molecule is Cc1cccc(C)c1-c1cc2nc(n1)NS(=O)(=O)c1cccc(c1)C(=O)N(Cc1ncc(N3CCSCC3)cn1)[C@H](CC(C)(C)C)CO2. The number of rotatable bonds is 5. The lowest BCUT2D eigenvalue weighted by Crippen LogP contribution is -2.45. The van der Waals surface area contributed by atoms with E-state index in [0.717, 1.165) is 47.0 Å². The van der Waals surface area contributed by atoms with E-state index < -0.39 is 16.1 Å². The second-order valence-corrected chi connectivity index (χ2v) is 16.3. The van der Waals surface area contributed by atoms with Gasteiger partial charge in [0.15, 0.2) is 0 Å². The number of sulfonamides is 1. The van der Waals surface area contributed by atoms with Crippen LogP contribution in [0.5, 0.6) is 5.88 Å². The fraction of sp³-hybridized carbons (Fsp3) is 0.400. The van der Waals surface area contributed by atoms with Crippen LogP contribution in [0.15, 0.2) is 65.8 Å². The van der Waals surface area contributed by atoms with Crippen molar-refractivity contribution in [1.82, 2.24) is 24.8 Å². The fourth-order valence-electron chi connectivity index (χ4n) is 6.11. The summed E-state index contributed by atoms with van der Waals surface area (Å²) < 4.78 is 36.2. The molecule has 0 spiro atoms. The van der Waals surface area contributed by atoms with Gasteiger partial charge < -0.3 is 14.5 Å². The van der Waals surface area contributed by atoms with Crippen LogP contribution in [0.25, 0.3) is 11.3 Å². The lowest BCUT2D eigenvalue weighted by atomic mass is 9.87. The fourth-order valence-corrected chi connectivity index (χ4v) is 8.01. The molecule has 48 heavy (non-hydrogen) atoms. The number of carbonyl (C=O) groups is 1. The number of fused-ring (bicyclic) bond motifs is 4. The Hall–Kier alpha value is -4.23. The number of benzene rings is 2. The summed E-state index contributed by atoms with van der Waals surface area (Å²) in [7, 11) is -4.17. The summed E-state index contributed by atoms with van der Waals surface area (Å²) >= 11 is 1.93. The Kier molecular flexibility index (Phi) is 9.62. The van der Waals surface area contributed by atoms with E-state index in [1.165, 1.54) is 12.1 Å². The predicted octanol–water partition coefficient (Wildman–Crippen LogP) is 5.74. The number of amides is 1. The molecule has 0 aliphatic carbocycles. The molecule has 0 radical (unpaired) electrons. The highest BCUT2D eigenvalue weighted by Gasteiger charge is 2.32. The number of hydrogen-bond acceptors (Lipinski definition) is 10. The zero-order valence-electron chi connectivity index (χ0n) is 27.9. The third-order valence-corrected chi connectivity index (χ3v) is 10.7. The Morgan fingerprint density at radius 2 is 1.67 bits per heavy atom. The van der Waals surface area contributed by atoms with Crippen molar-refractivity contribution in [3.8, 4) is 17.1 Å². The van der Waals surface area contributed by atoms with E-state index in [4.69, 9.17) is 4.74 Å². The minimum absolute atomic E-state index is 0.0799. The van der Waals surface area contributed by atoms with E-state index in [2.05, 4.69) is 50.3 Å². The minimum atomic E-state index is -4.17. The smallest absolute Gasteiger partial charge is 0.264 e. The molecular formula is C35H41N7O4S2. The average molecular weight is 688 g/mol. The second kappa shape index (κ2) is 13.7. The van der Waals surface area contributed by atoms with Crippen molar-refractivity contribution in [2.75, 3.05) is 40.8 Å². The van der Waals surface area contributed by atoms with Crippen LogP contribution in [0.2, 0.25) is 0 Å². The first-order valence-corrected chi connectivity index (χ1v) is 18.7. The molecule has 2 aromatic heterocycles. The molecule has 11 nitrogen and oxygen atoms in total. The molecular weight excluding hydrogens is 647 g/mol. The van der Waals surface area contributed by atoms with Crippen LogP contribution >= 0.6 is 11.8 Å². The van der Waals surface area contributed by atoms with E-state index in [1.54, 1.807) is 23.1 Å². The van der Waals surface area contributed by atoms with E-state index in [-0.39, 0.29) is 46.8 Å². The quantitative estimate of drug-likeness (QED) is 0.277. The molecule has 252 valence electrons. The maximum absolute atomic E-state index is 14.4. The van der Waals surface area contributed by atoms with Gasteiger partial charge in [0.2, 0.25) is 11.8 Å². The minimum Gasteiger partial charge on any atom is -0.475 e. The Bertz CT molecular complexity index is 1890. The van der Waals surface area contributed by atoms with Gasteiger partial charge in [-0.3, -0.25) is 4.79 Å². The van der Waals surface area contributed by atoms with Gasteiger partial charge in [0.1, 0.15) is 12.4 Å². The van der Waals surface area contributed by atoms with Crippen molar-refractivity contribution in [2.45, 2.75) is 58.5 Å². The van der Waals surface area contributed by atoms with Crippen molar-refractivity contribution in [3.05, 3.63) is 83.4 Å². The van der Waals surface area contributed by atoms with Gasteiger partial charge in [-0.1, -0.05) is 45.0 Å². The largest absolute Gasteiger partial charge is 0.475 e. The number of hydrogen-bond donors (Lipinski definition) is 1. The van der Waals surface area contributed by atoms with Gasteiger partial charge in [0, 0.05) is 41.8 Å². The first kappa shape index (κ1) is 33.7. The number of nitrogens with zero attached hydrogens (tertiary/aromatic N) is 6. The second-order valence-electron chi connectivity index (χ2n) is 13.4. The van der Waals surface area contributed by atoms with E-state index >= 15 is 0 Å². The van der Waals surface area contributed by atoms with Crippen LogP contribution in [-0.2, 0) is 16.6 Å². The molecule has 4 aromatic rings. The molecule has 2 aliphatic heterocycles. The average Bonchev–Trinajstić information content (AvgIpc) is 3.05.